The van der Waals surface area contributed by atoms with Crippen LogP contribution >= 0.6 is 15.9 Å². The molecule has 0 bridgehead atoms. The van der Waals surface area contributed by atoms with E-state index in [0.29, 0.717) is 29.4 Å². The molecule has 6 N–H and O–H groups in total. The van der Waals surface area contributed by atoms with Crippen molar-refractivity contribution in [3.8, 4) is 11.5 Å². The number of phenols is 2. The first-order chi connectivity index (χ1) is 12.7. The number of carbonyl (C=O) groups is 1. The molecule has 4 atom stereocenters. The van der Waals surface area contributed by atoms with Gasteiger partial charge in [-0.25, -0.2) is 0 Å². The molecule has 1 saturated carbocycles. The van der Waals surface area contributed by atoms with Crippen molar-refractivity contribution >= 4 is 21.8 Å². The number of hydrogen-bond acceptors (Lipinski definition) is 5. The molecule has 6 nitrogen and oxygen atoms in total. The number of halogens is 1. The van der Waals surface area contributed by atoms with Gasteiger partial charge in [0.15, 0.2) is 11.5 Å². The molecule has 1 aliphatic carbocycles. The molecule has 0 saturated heterocycles. The van der Waals surface area contributed by atoms with Gasteiger partial charge in [0.05, 0.1) is 11.4 Å². The smallest absolute Gasteiger partial charge is 0.230 e. The van der Waals surface area contributed by atoms with E-state index in [0.717, 1.165) is 12.8 Å². The van der Waals surface area contributed by atoms with E-state index in [2.05, 4.69) is 35.1 Å². The van der Waals surface area contributed by atoms with E-state index >= 15 is 0 Å². The van der Waals surface area contributed by atoms with Gasteiger partial charge in [-0.1, -0.05) is 42.8 Å². The van der Waals surface area contributed by atoms with Crippen LogP contribution in [0, 0.1) is 11.8 Å². The summed E-state index contributed by atoms with van der Waals surface area (Å²) in [6.45, 7) is 6.32. The largest absolute Gasteiger partial charge is 0.504 e. The van der Waals surface area contributed by atoms with Crippen LogP contribution in [0.3, 0.4) is 0 Å². The minimum Gasteiger partial charge on any atom is -0.504 e. The van der Waals surface area contributed by atoms with Crippen molar-refractivity contribution in [2.45, 2.75) is 57.6 Å². The van der Waals surface area contributed by atoms with E-state index in [1.807, 2.05) is 6.92 Å². The molecule has 0 aliphatic heterocycles. The van der Waals surface area contributed by atoms with Gasteiger partial charge in [-0.05, 0) is 42.7 Å². The summed E-state index contributed by atoms with van der Waals surface area (Å²) in [5.41, 5.74) is 5.99. The maximum Gasteiger partial charge on any atom is 0.230 e. The third-order valence-electron chi connectivity index (χ3n) is 6.08. The van der Waals surface area contributed by atoms with Gasteiger partial charge in [0.2, 0.25) is 5.91 Å². The first-order valence-corrected chi connectivity index (χ1v) is 10.6. The van der Waals surface area contributed by atoms with E-state index in [-0.39, 0.29) is 35.3 Å². The van der Waals surface area contributed by atoms with Gasteiger partial charge in [0.1, 0.15) is 0 Å². The van der Waals surface area contributed by atoms with E-state index < -0.39 is 11.5 Å². The minimum absolute atomic E-state index is 0.000337. The zero-order valence-corrected chi connectivity index (χ0v) is 17.8. The summed E-state index contributed by atoms with van der Waals surface area (Å²) in [6.07, 6.45) is 1.45. The molecule has 1 aromatic rings. The van der Waals surface area contributed by atoms with Gasteiger partial charge in [-0.15, -0.1) is 0 Å². The van der Waals surface area contributed by atoms with Gasteiger partial charge in [0.25, 0.3) is 0 Å². The maximum atomic E-state index is 12.2. The van der Waals surface area contributed by atoms with Crippen LogP contribution in [0.5, 0.6) is 11.5 Å². The molecule has 152 valence electrons. The van der Waals surface area contributed by atoms with Crippen molar-refractivity contribution in [3.05, 3.63) is 23.3 Å². The zero-order valence-electron chi connectivity index (χ0n) is 16.2. The molecule has 0 spiro atoms. The Morgan fingerprint density at radius 3 is 2.63 bits per heavy atom. The Morgan fingerprint density at radius 1 is 1.41 bits per heavy atom. The van der Waals surface area contributed by atoms with E-state index in [9.17, 15) is 20.1 Å². The number of rotatable bonds is 6. The van der Waals surface area contributed by atoms with Crippen LogP contribution < -0.4 is 11.1 Å². The molecular formula is C20H31BrN2O4. The molecular weight excluding hydrogens is 412 g/mol. The highest BCUT2D eigenvalue weighted by atomic mass is 79.9. The summed E-state index contributed by atoms with van der Waals surface area (Å²) in [7, 11) is 0. The quantitative estimate of drug-likeness (QED) is 0.343. The molecule has 0 aromatic heterocycles. The number of amides is 1. The number of benzene rings is 1. The molecule has 1 aromatic carbocycles. The number of alkyl halides is 1. The number of nitrogens with two attached hydrogens (primary N) is 1. The topological polar surface area (TPSA) is 116 Å². The van der Waals surface area contributed by atoms with Gasteiger partial charge >= 0.3 is 0 Å². The Labute approximate surface area is 169 Å². The fourth-order valence-electron chi connectivity index (χ4n) is 4.30. The van der Waals surface area contributed by atoms with Crippen LogP contribution in [0.4, 0.5) is 0 Å². The van der Waals surface area contributed by atoms with Gasteiger partial charge < -0.3 is 26.4 Å². The summed E-state index contributed by atoms with van der Waals surface area (Å²) < 4.78 is 0. The van der Waals surface area contributed by atoms with Crippen molar-refractivity contribution in [1.29, 1.82) is 0 Å². The first kappa shape index (κ1) is 22.0. The fourth-order valence-corrected chi connectivity index (χ4v) is 4.46. The molecule has 0 heterocycles. The lowest BCUT2D eigenvalue weighted by Crippen LogP contribution is -2.53. The van der Waals surface area contributed by atoms with Crippen molar-refractivity contribution in [3.63, 3.8) is 0 Å². The fraction of sp³-hybridized carbons (Fsp3) is 0.650. The normalized spacial score (nSPS) is 26.8. The highest BCUT2D eigenvalue weighted by Crippen LogP contribution is 2.50. The molecule has 1 aliphatic rings. The molecule has 0 radical (unpaired) electrons. The van der Waals surface area contributed by atoms with Gasteiger partial charge in [-0.3, -0.25) is 4.79 Å². The summed E-state index contributed by atoms with van der Waals surface area (Å²) in [4.78, 5) is 12.2. The second kappa shape index (κ2) is 8.80. The van der Waals surface area contributed by atoms with Crippen LogP contribution in [0.1, 0.15) is 57.3 Å². The first-order valence-electron chi connectivity index (χ1n) is 9.44. The molecule has 2 rings (SSSR count). The Kier molecular flexibility index (Phi) is 7.16. The number of nitrogens with one attached hydrogen (secondary N) is 1. The Hall–Kier alpha value is -1.31. The van der Waals surface area contributed by atoms with Crippen molar-refractivity contribution in [1.82, 2.24) is 5.32 Å². The van der Waals surface area contributed by atoms with Crippen LogP contribution in [-0.4, -0.2) is 39.1 Å². The van der Waals surface area contributed by atoms with E-state index in [1.54, 1.807) is 6.07 Å². The van der Waals surface area contributed by atoms with E-state index in [1.165, 1.54) is 6.07 Å². The molecule has 7 heteroatoms. The number of phenolic OH excluding ortho intramolecular Hbond substituents is 2. The van der Waals surface area contributed by atoms with Crippen LogP contribution in [-0.2, 0) is 10.2 Å². The summed E-state index contributed by atoms with van der Waals surface area (Å²) >= 11 is 3.20. The third kappa shape index (κ3) is 4.41. The number of aliphatic hydroxyl groups is 1. The summed E-state index contributed by atoms with van der Waals surface area (Å²) in [6, 6.07) is 2.73. The van der Waals surface area contributed by atoms with Crippen molar-refractivity contribution < 1.29 is 20.1 Å². The Morgan fingerprint density at radius 2 is 2.07 bits per heavy atom. The van der Waals surface area contributed by atoms with Crippen LogP contribution in [0.15, 0.2) is 12.1 Å². The molecule has 3 unspecified atom stereocenters. The lowest BCUT2D eigenvalue weighted by molar-refractivity contribution is -0.120. The second-order valence-electron chi connectivity index (χ2n) is 8.10. The van der Waals surface area contributed by atoms with Gasteiger partial charge in [0, 0.05) is 23.6 Å². The SMILES string of the molecule is CC(C)C1CCC(C)(c2c([C@H](O)CN)ccc(O)c2O)C(NC(=O)CBr)C1. The van der Waals surface area contributed by atoms with Crippen LogP contribution in [0.25, 0.3) is 0 Å². The van der Waals surface area contributed by atoms with Crippen molar-refractivity contribution in [2.75, 3.05) is 11.9 Å². The highest BCUT2D eigenvalue weighted by Gasteiger charge is 2.46. The second-order valence-corrected chi connectivity index (χ2v) is 8.66. The monoisotopic (exact) mass is 442 g/mol. The lowest BCUT2D eigenvalue weighted by atomic mass is 9.61. The number of hydrogen-bond donors (Lipinski definition) is 5. The Bertz CT molecular complexity index is 682. The number of aliphatic hydroxyl groups excluding tert-OH is 1. The lowest BCUT2D eigenvalue weighted by Gasteiger charge is -2.47. The molecule has 27 heavy (non-hydrogen) atoms. The van der Waals surface area contributed by atoms with Crippen molar-refractivity contribution in [2.24, 2.45) is 17.6 Å². The molecule has 1 amide bonds. The summed E-state index contributed by atoms with van der Waals surface area (Å²) in [5.74, 6) is 0.307. The molecule has 1 fully saturated rings. The Balaban J connectivity index is 2.58. The average molecular weight is 443 g/mol. The van der Waals surface area contributed by atoms with Gasteiger partial charge in [-0.2, -0.15) is 0 Å². The number of aromatic hydroxyl groups is 2. The minimum atomic E-state index is -0.960. The predicted octanol–water partition coefficient (Wildman–Crippen LogP) is 2.68. The standard InChI is InChI=1S/C20H31BrN2O4/c1-11(2)12-6-7-20(3,16(8-12)23-17(26)9-21)18-13(15(25)10-22)4-5-14(24)19(18)27/h4-5,11-12,15-16,24-25,27H,6-10,22H2,1-3H3,(H,23,26)/t12?,15-,16?,20?/m1/s1. The maximum absolute atomic E-state index is 12.2. The zero-order chi connectivity index (χ0) is 20.4. The predicted molar refractivity (Wildman–Crippen MR) is 109 cm³/mol. The number of carbonyl (C=O) groups excluding carboxylic acids is 1. The average Bonchev–Trinajstić information content (AvgIpc) is 2.64. The summed E-state index contributed by atoms with van der Waals surface area (Å²) in [5, 5.41) is 34.5. The third-order valence-corrected chi connectivity index (χ3v) is 6.59. The van der Waals surface area contributed by atoms with E-state index in [4.69, 9.17) is 5.73 Å². The highest BCUT2D eigenvalue weighted by molar-refractivity contribution is 9.09. The van der Waals surface area contributed by atoms with Crippen LogP contribution in [0.2, 0.25) is 0 Å².